The summed E-state index contributed by atoms with van der Waals surface area (Å²) in [4.78, 5) is 0. The molecule has 0 saturated carbocycles. The molecule has 0 fully saturated rings. The Bertz CT molecular complexity index is 586. The predicted molar refractivity (Wildman–Crippen MR) is 76.5 cm³/mol. The fraction of sp³-hybridized carbons (Fsp3) is 0.188. The van der Waals surface area contributed by atoms with Gasteiger partial charge in [0.05, 0.1) is 19.1 Å². The maximum absolute atomic E-state index is 9.31. The van der Waals surface area contributed by atoms with Crippen LogP contribution in [-0.2, 0) is 6.42 Å². The average molecular weight is 272 g/mol. The first-order valence-corrected chi connectivity index (χ1v) is 6.38. The van der Waals surface area contributed by atoms with Crippen LogP contribution in [0.15, 0.2) is 48.5 Å². The minimum atomic E-state index is -0.188. The molecule has 2 aromatic carbocycles. The van der Waals surface area contributed by atoms with Crippen molar-refractivity contribution in [1.29, 1.82) is 5.26 Å². The Hall–Kier alpha value is -1.98. The monoisotopic (exact) mass is 271 g/mol. The Morgan fingerprint density at radius 3 is 2.53 bits per heavy atom. The molecular formula is C16H14ClNO. The quantitative estimate of drug-likeness (QED) is 0.835. The molecular weight excluding hydrogens is 258 g/mol. The second-order valence-electron chi connectivity index (χ2n) is 4.29. The van der Waals surface area contributed by atoms with E-state index >= 15 is 0 Å². The zero-order valence-electron chi connectivity index (χ0n) is 10.6. The van der Waals surface area contributed by atoms with Crippen molar-refractivity contribution in [3.8, 4) is 11.8 Å². The van der Waals surface area contributed by atoms with Gasteiger partial charge in [0.1, 0.15) is 5.75 Å². The van der Waals surface area contributed by atoms with Gasteiger partial charge in [-0.1, -0.05) is 35.9 Å². The van der Waals surface area contributed by atoms with Gasteiger partial charge < -0.3 is 4.74 Å². The van der Waals surface area contributed by atoms with Crippen molar-refractivity contribution in [2.45, 2.75) is 12.3 Å². The van der Waals surface area contributed by atoms with Crippen LogP contribution in [0.4, 0.5) is 0 Å². The van der Waals surface area contributed by atoms with E-state index in [1.807, 2.05) is 48.5 Å². The van der Waals surface area contributed by atoms with Crippen molar-refractivity contribution >= 4 is 11.6 Å². The van der Waals surface area contributed by atoms with Crippen LogP contribution in [-0.4, -0.2) is 7.11 Å². The first-order valence-electron chi connectivity index (χ1n) is 6.01. The van der Waals surface area contributed by atoms with Crippen LogP contribution in [0, 0.1) is 11.3 Å². The fourth-order valence-electron chi connectivity index (χ4n) is 1.96. The summed E-state index contributed by atoms with van der Waals surface area (Å²) in [5, 5.41) is 9.97. The zero-order valence-corrected chi connectivity index (χ0v) is 11.4. The summed E-state index contributed by atoms with van der Waals surface area (Å²) < 4.78 is 5.12. The van der Waals surface area contributed by atoms with Crippen molar-refractivity contribution in [1.82, 2.24) is 0 Å². The van der Waals surface area contributed by atoms with Crippen LogP contribution in [0.2, 0.25) is 5.02 Å². The van der Waals surface area contributed by atoms with Crippen LogP contribution < -0.4 is 4.74 Å². The molecule has 0 amide bonds. The highest BCUT2D eigenvalue weighted by Crippen LogP contribution is 2.24. The van der Waals surface area contributed by atoms with Crippen molar-refractivity contribution in [3.05, 3.63) is 64.7 Å². The highest BCUT2D eigenvalue weighted by molar-refractivity contribution is 6.30. The van der Waals surface area contributed by atoms with E-state index in [4.69, 9.17) is 16.3 Å². The predicted octanol–water partition coefficient (Wildman–Crippen LogP) is 4.20. The topological polar surface area (TPSA) is 33.0 Å². The van der Waals surface area contributed by atoms with Crippen molar-refractivity contribution < 1.29 is 4.74 Å². The van der Waals surface area contributed by atoms with E-state index in [0.29, 0.717) is 11.4 Å². The van der Waals surface area contributed by atoms with Crippen LogP contribution in [0.3, 0.4) is 0 Å². The second kappa shape index (κ2) is 6.26. The molecule has 2 aromatic rings. The van der Waals surface area contributed by atoms with E-state index < -0.39 is 0 Å². The number of benzene rings is 2. The molecule has 0 heterocycles. The molecule has 0 radical (unpaired) electrons. The summed E-state index contributed by atoms with van der Waals surface area (Å²) in [5.74, 6) is 0.632. The fourth-order valence-corrected chi connectivity index (χ4v) is 2.16. The van der Waals surface area contributed by atoms with Gasteiger partial charge in [0.25, 0.3) is 0 Å². The Labute approximate surface area is 118 Å². The molecule has 0 saturated heterocycles. The van der Waals surface area contributed by atoms with E-state index in [1.54, 1.807) is 7.11 Å². The Morgan fingerprint density at radius 2 is 1.95 bits per heavy atom. The van der Waals surface area contributed by atoms with Crippen LogP contribution in [0.5, 0.6) is 5.75 Å². The van der Waals surface area contributed by atoms with Crippen LogP contribution >= 0.6 is 11.6 Å². The molecule has 19 heavy (non-hydrogen) atoms. The van der Waals surface area contributed by atoms with Gasteiger partial charge >= 0.3 is 0 Å². The molecule has 0 aliphatic carbocycles. The van der Waals surface area contributed by atoms with Gasteiger partial charge in [-0.2, -0.15) is 5.26 Å². The zero-order chi connectivity index (χ0) is 13.7. The molecule has 0 aliphatic heterocycles. The van der Waals surface area contributed by atoms with Crippen molar-refractivity contribution in [2.24, 2.45) is 0 Å². The molecule has 0 aromatic heterocycles. The lowest BCUT2D eigenvalue weighted by molar-refractivity contribution is 0.414. The van der Waals surface area contributed by atoms with Gasteiger partial charge in [0.2, 0.25) is 0 Å². The number of rotatable bonds is 4. The lowest BCUT2D eigenvalue weighted by Gasteiger charge is -2.10. The number of hydrogen-bond acceptors (Lipinski definition) is 2. The van der Waals surface area contributed by atoms with E-state index in [9.17, 15) is 5.26 Å². The summed E-state index contributed by atoms with van der Waals surface area (Å²) in [6.45, 7) is 0. The van der Waals surface area contributed by atoms with Gasteiger partial charge in [0, 0.05) is 5.02 Å². The Balaban J connectivity index is 2.17. The van der Waals surface area contributed by atoms with Gasteiger partial charge in [0.15, 0.2) is 0 Å². The number of nitriles is 1. The minimum absolute atomic E-state index is 0.188. The lowest BCUT2D eigenvalue weighted by atomic mass is 9.93. The normalized spacial score (nSPS) is 11.6. The maximum Gasteiger partial charge on any atom is 0.118 e. The third-order valence-corrected chi connectivity index (χ3v) is 3.24. The number of nitrogens with zero attached hydrogens (tertiary/aromatic N) is 1. The van der Waals surface area contributed by atoms with E-state index in [-0.39, 0.29) is 5.92 Å². The summed E-state index contributed by atoms with van der Waals surface area (Å²) in [5.41, 5.74) is 2.05. The summed E-state index contributed by atoms with van der Waals surface area (Å²) in [7, 11) is 1.64. The molecule has 2 nitrogen and oxygen atoms in total. The third-order valence-electron chi connectivity index (χ3n) is 3.01. The molecule has 0 bridgehead atoms. The molecule has 2 rings (SSSR count). The van der Waals surface area contributed by atoms with Gasteiger partial charge in [-0.05, 0) is 41.8 Å². The molecule has 1 unspecified atom stereocenters. The van der Waals surface area contributed by atoms with Gasteiger partial charge in [-0.25, -0.2) is 0 Å². The second-order valence-corrected chi connectivity index (χ2v) is 4.73. The number of methoxy groups -OCH3 is 1. The average Bonchev–Trinajstić information content (AvgIpc) is 2.45. The molecule has 96 valence electrons. The number of hydrogen-bond donors (Lipinski definition) is 0. The summed E-state index contributed by atoms with van der Waals surface area (Å²) in [6, 6.07) is 17.6. The first kappa shape index (κ1) is 13.5. The number of halogens is 1. The van der Waals surface area contributed by atoms with E-state index in [0.717, 1.165) is 16.9 Å². The molecule has 0 aliphatic rings. The highest BCUT2D eigenvalue weighted by atomic mass is 35.5. The van der Waals surface area contributed by atoms with Crippen molar-refractivity contribution in [3.63, 3.8) is 0 Å². The summed E-state index contributed by atoms with van der Waals surface area (Å²) in [6.07, 6.45) is 0.667. The van der Waals surface area contributed by atoms with Gasteiger partial charge in [-0.15, -0.1) is 0 Å². The van der Waals surface area contributed by atoms with Crippen LogP contribution in [0.25, 0.3) is 0 Å². The Kier molecular flexibility index (Phi) is 4.43. The standard InChI is InChI=1S/C16H14ClNO/c1-19-16-7-5-12(6-8-16)9-14(11-18)13-3-2-4-15(17)10-13/h2-8,10,14H,9H2,1H3. The molecule has 0 N–H and O–H groups in total. The van der Waals surface area contributed by atoms with Gasteiger partial charge in [-0.3, -0.25) is 0 Å². The largest absolute Gasteiger partial charge is 0.497 e. The Morgan fingerprint density at radius 1 is 1.21 bits per heavy atom. The maximum atomic E-state index is 9.31. The SMILES string of the molecule is COc1ccc(CC(C#N)c2cccc(Cl)c2)cc1. The molecule has 0 spiro atoms. The molecule has 1 atom stereocenters. The lowest BCUT2D eigenvalue weighted by Crippen LogP contribution is -2.00. The molecule has 3 heteroatoms. The van der Waals surface area contributed by atoms with E-state index in [1.165, 1.54) is 0 Å². The summed E-state index contributed by atoms with van der Waals surface area (Å²) >= 11 is 5.96. The number of ether oxygens (including phenoxy) is 1. The smallest absolute Gasteiger partial charge is 0.118 e. The highest BCUT2D eigenvalue weighted by Gasteiger charge is 2.11. The first-order chi connectivity index (χ1) is 9.22. The minimum Gasteiger partial charge on any atom is -0.497 e. The van der Waals surface area contributed by atoms with E-state index in [2.05, 4.69) is 6.07 Å². The third kappa shape index (κ3) is 3.49. The van der Waals surface area contributed by atoms with Crippen LogP contribution in [0.1, 0.15) is 17.0 Å². The van der Waals surface area contributed by atoms with Crippen molar-refractivity contribution in [2.75, 3.05) is 7.11 Å².